The van der Waals surface area contributed by atoms with Crippen LogP contribution in [0.25, 0.3) is 0 Å². The van der Waals surface area contributed by atoms with Gasteiger partial charge >= 0.3 is 5.97 Å². The van der Waals surface area contributed by atoms with E-state index < -0.39 is 24.1 Å². The molecule has 1 rings (SSSR count). The minimum absolute atomic E-state index is 0.409. The van der Waals surface area contributed by atoms with Gasteiger partial charge in [0.2, 0.25) is 0 Å². The van der Waals surface area contributed by atoms with Crippen LogP contribution in [0.2, 0.25) is 0 Å². The predicted molar refractivity (Wildman–Crippen MR) is 39.5 cm³/mol. The molecule has 1 aromatic rings. The second kappa shape index (κ2) is 3.51. The highest BCUT2D eigenvalue weighted by Crippen LogP contribution is 2.17. The number of carbonyl (C=O) groups is 1. The number of hydrogen-bond donors (Lipinski definition) is 1. The Morgan fingerprint density at radius 3 is 2.69 bits per heavy atom. The molecule has 0 radical (unpaired) electrons. The molecule has 0 fully saturated rings. The van der Waals surface area contributed by atoms with E-state index in [1.165, 1.54) is 13.1 Å². The van der Waals surface area contributed by atoms with Crippen LogP contribution in [-0.2, 0) is 4.79 Å². The lowest BCUT2D eigenvalue weighted by atomic mass is 10.4. The van der Waals surface area contributed by atoms with E-state index in [9.17, 15) is 13.6 Å². The van der Waals surface area contributed by atoms with Gasteiger partial charge in [0.25, 0.3) is 6.43 Å². The van der Waals surface area contributed by atoms with E-state index in [1.807, 2.05) is 0 Å². The fraction of sp³-hybridized carbons (Fsp3) is 0.429. The molecule has 1 atom stereocenters. The van der Waals surface area contributed by atoms with Crippen LogP contribution in [0.5, 0.6) is 0 Å². The lowest BCUT2D eigenvalue weighted by Gasteiger charge is -2.05. The Bertz CT molecular complexity index is 311. The fourth-order valence-electron chi connectivity index (χ4n) is 0.798. The first-order valence-electron chi connectivity index (χ1n) is 3.58. The van der Waals surface area contributed by atoms with Crippen molar-refractivity contribution in [1.29, 1.82) is 0 Å². The molecule has 6 heteroatoms. The highest BCUT2D eigenvalue weighted by atomic mass is 19.3. The van der Waals surface area contributed by atoms with Gasteiger partial charge in [0, 0.05) is 6.20 Å². The summed E-state index contributed by atoms with van der Waals surface area (Å²) in [5.41, 5.74) is -0.409. The molecule has 0 spiro atoms. The smallest absolute Gasteiger partial charge is 0.328 e. The van der Waals surface area contributed by atoms with E-state index in [0.717, 1.165) is 10.7 Å². The Kier molecular flexibility index (Phi) is 2.60. The van der Waals surface area contributed by atoms with E-state index in [0.29, 0.717) is 0 Å². The standard InChI is InChI=1S/C7H8F2N2O2/c1-4(7(12)13)11-3-2-5(10-11)6(8)9/h2-4,6H,1H3,(H,12,13). The average Bonchev–Trinajstić information content (AvgIpc) is 2.50. The number of aromatic nitrogens is 2. The minimum atomic E-state index is -2.66. The van der Waals surface area contributed by atoms with Gasteiger partial charge in [0.05, 0.1) is 0 Å². The van der Waals surface area contributed by atoms with Crippen molar-refractivity contribution in [1.82, 2.24) is 9.78 Å². The van der Waals surface area contributed by atoms with Crippen molar-refractivity contribution in [2.24, 2.45) is 0 Å². The van der Waals surface area contributed by atoms with Gasteiger partial charge in [-0.3, -0.25) is 4.68 Å². The van der Waals surface area contributed by atoms with Crippen LogP contribution in [0.3, 0.4) is 0 Å². The van der Waals surface area contributed by atoms with E-state index in [4.69, 9.17) is 5.11 Å². The third kappa shape index (κ3) is 2.01. The largest absolute Gasteiger partial charge is 0.480 e. The number of halogens is 2. The second-order valence-corrected chi connectivity index (χ2v) is 2.54. The highest BCUT2D eigenvalue weighted by Gasteiger charge is 2.17. The number of nitrogens with zero attached hydrogens (tertiary/aromatic N) is 2. The number of rotatable bonds is 3. The summed E-state index contributed by atoms with van der Waals surface area (Å²) < 4.78 is 25.0. The quantitative estimate of drug-likeness (QED) is 0.785. The molecule has 1 N–H and O–H groups in total. The second-order valence-electron chi connectivity index (χ2n) is 2.54. The molecule has 0 amide bonds. The number of hydrogen-bond acceptors (Lipinski definition) is 2. The Morgan fingerprint density at radius 1 is 1.69 bits per heavy atom. The normalized spacial score (nSPS) is 13.2. The van der Waals surface area contributed by atoms with Gasteiger partial charge in [0.15, 0.2) is 0 Å². The van der Waals surface area contributed by atoms with Crippen LogP contribution < -0.4 is 0 Å². The number of carboxylic acid groups (broad SMARTS) is 1. The molecule has 0 aromatic carbocycles. The topological polar surface area (TPSA) is 55.1 Å². The zero-order chi connectivity index (χ0) is 10.0. The van der Waals surface area contributed by atoms with Gasteiger partial charge in [-0.25, -0.2) is 13.6 Å². The van der Waals surface area contributed by atoms with E-state index >= 15 is 0 Å². The summed E-state index contributed by atoms with van der Waals surface area (Å²) in [5.74, 6) is -1.11. The number of carboxylic acids is 1. The summed E-state index contributed by atoms with van der Waals surface area (Å²) in [7, 11) is 0. The van der Waals surface area contributed by atoms with Crippen LogP contribution in [-0.4, -0.2) is 20.9 Å². The van der Waals surface area contributed by atoms with Crippen LogP contribution in [0, 0.1) is 0 Å². The molecule has 0 saturated carbocycles. The average molecular weight is 190 g/mol. The van der Waals surface area contributed by atoms with Gasteiger partial charge in [-0.1, -0.05) is 0 Å². The third-order valence-electron chi connectivity index (χ3n) is 1.61. The molecular formula is C7H8F2N2O2. The van der Waals surface area contributed by atoms with Crippen LogP contribution in [0.15, 0.2) is 12.3 Å². The summed E-state index contributed by atoms with van der Waals surface area (Å²) in [6.45, 7) is 1.37. The molecule has 1 unspecified atom stereocenters. The zero-order valence-electron chi connectivity index (χ0n) is 6.82. The Hall–Kier alpha value is -1.46. The van der Waals surface area contributed by atoms with E-state index in [1.54, 1.807) is 0 Å². The summed E-state index contributed by atoms with van der Waals surface area (Å²) in [6, 6.07) is 0.178. The van der Waals surface area contributed by atoms with Gasteiger partial charge in [-0.15, -0.1) is 0 Å². The van der Waals surface area contributed by atoms with E-state index in [-0.39, 0.29) is 0 Å². The van der Waals surface area contributed by atoms with E-state index in [2.05, 4.69) is 5.10 Å². The molecular weight excluding hydrogens is 182 g/mol. The first-order valence-corrected chi connectivity index (χ1v) is 3.58. The SMILES string of the molecule is CC(C(=O)O)n1ccc(C(F)F)n1. The Morgan fingerprint density at radius 2 is 2.31 bits per heavy atom. The molecule has 0 bridgehead atoms. The predicted octanol–water partition coefficient (Wildman–Crippen LogP) is 1.47. The summed E-state index contributed by atoms with van der Waals surface area (Å²) in [5, 5.41) is 12.0. The molecule has 0 aliphatic carbocycles. The monoisotopic (exact) mass is 190 g/mol. The maximum atomic E-state index is 12.0. The van der Waals surface area contributed by atoms with Crippen molar-refractivity contribution in [3.8, 4) is 0 Å². The molecule has 4 nitrogen and oxygen atoms in total. The first kappa shape index (κ1) is 9.63. The minimum Gasteiger partial charge on any atom is -0.480 e. The molecule has 0 aliphatic rings. The van der Waals surface area contributed by atoms with Crippen molar-refractivity contribution < 1.29 is 18.7 Å². The maximum absolute atomic E-state index is 12.0. The molecule has 13 heavy (non-hydrogen) atoms. The molecule has 0 saturated heterocycles. The Labute approximate surface area is 72.8 Å². The lowest BCUT2D eigenvalue weighted by molar-refractivity contribution is -0.140. The summed E-state index contributed by atoms with van der Waals surface area (Å²) in [6.07, 6.45) is -1.44. The lowest BCUT2D eigenvalue weighted by Crippen LogP contribution is -2.16. The van der Waals surface area contributed by atoms with Crippen LogP contribution >= 0.6 is 0 Å². The highest BCUT2D eigenvalue weighted by molar-refractivity contribution is 5.71. The van der Waals surface area contributed by atoms with Crippen molar-refractivity contribution in [2.45, 2.75) is 19.4 Å². The van der Waals surface area contributed by atoms with Crippen LogP contribution in [0.1, 0.15) is 25.1 Å². The van der Waals surface area contributed by atoms with Gasteiger partial charge in [0.1, 0.15) is 11.7 Å². The van der Waals surface area contributed by atoms with Gasteiger partial charge < -0.3 is 5.11 Å². The van der Waals surface area contributed by atoms with Gasteiger partial charge in [-0.2, -0.15) is 5.10 Å². The first-order chi connectivity index (χ1) is 6.02. The van der Waals surface area contributed by atoms with Crippen molar-refractivity contribution in [2.75, 3.05) is 0 Å². The zero-order valence-corrected chi connectivity index (χ0v) is 6.82. The molecule has 72 valence electrons. The third-order valence-corrected chi connectivity index (χ3v) is 1.61. The van der Waals surface area contributed by atoms with Crippen molar-refractivity contribution >= 4 is 5.97 Å². The molecule has 0 aliphatic heterocycles. The fourth-order valence-corrected chi connectivity index (χ4v) is 0.798. The van der Waals surface area contributed by atoms with Crippen molar-refractivity contribution in [3.05, 3.63) is 18.0 Å². The van der Waals surface area contributed by atoms with Gasteiger partial charge in [-0.05, 0) is 13.0 Å². The Balaban J connectivity index is 2.85. The number of alkyl halides is 2. The molecule has 1 aromatic heterocycles. The maximum Gasteiger partial charge on any atom is 0.328 e. The van der Waals surface area contributed by atoms with Crippen LogP contribution in [0.4, 0.5) is 8.78 Å². The molecule has 1 heterocycles. The summed E-state index contributed by atoms with van der Waals surface area (Å²) in [4.78, 5) is 10.4. The summed E-state index contributed by atoms with van der Waals surface area (Å²) >= 11 is 0. The number of aliphatic carboxylic acids is 1. The van der Waals surface area contributed by atoms with Crippen molar-refractivity contribution in [3.63, 3.8) is 0 Å².